The zero-order chi connectivity index (χ0) is 23.2. The van der Waals surface area contributed by atoms with Gasteiger partial charge in [-0.3, -0.25) is 4.79 Å². The molecule has 0 saturated carbocycles. The highest BCUT2D eigenvalue weighted by atomic mass is 16.3. The Balaban J connectivity index is 1.35. The lowest BCUT2D eigenvalue weighted by Crippen LogP contribution is -2.38. The Kier molecular flexibility index (Phi) is 6.75. The molecule has 33 heavy (non-hydrogen) atoms. The Morgan fingerprint density at radius 3 is 2.55 bits per heavy atom. The summed E-state index contributed by atoms with van der Waals surface area (Å²) in [4.78, 5) is 27.3. The van der Waals surface area contributed by atoms with Crippen LogP contribution in [0, 0.1) is 18.3 Å². The zero-order valence-electron chi connectivity index (χ0n) is 18.5. The van der Waals surface area contributed by atoms with Crippen molar-refractivity contribution in [1.82, 2.24) is 10.2 Å². The molecule has 2 heterocycles. The fraction of sp³-hybridized carbons (Fsp3) is 0.269. The second-order valence-electron chi connectivity index (χ2n) is 8.27. The molecular weight excluding hydrogens is 416 g/mol. The number of nitrogens with zero attached hydrogens (tertiary/aromatic N) is 2. The predicted molar refractivity (Wildman–Crippen MR) is 125 cm³/mol. The maximum atomic E-state index is 13.1. The number of nitriles is 1. The summed E-state index contributed by atoms with van der Waals surface area (Å²) in [6, 6.07) is 16.7. The summed E-state index contributed by atoms with van der Waals surface area (Å²) in [5.74, 6) is 0.353. The largest absolute Gasteiger partial charge is 0.472 e. The number of hydrogen-bond acceptors (Lipinski definition) is 4. The average Bonchev–Trinajstić information content (AvgIpc) is 3.38. The van der Waals surface area contributed by atoms with E-state index < -0.39 is 0 Å². The Morgan fingerprint density at radius 1 is 1.12 bits per heavy atom. The molecule has 7 heteroatoms. The van der Waals surface area contributed by atoms with E-state index in [1.54, 1.807) is 30.7 Å². The Hall–Kier alpha value is -4.05. The number of furan rings is 1. The summed E-state index contributed by atoms with van der Waals surface area (Å²) in [6.45, 7) is 3.59. The number of urea groups is 1. The van der Waals surface area contributed by atoms with Crippen LogP contribution in [0.5, 0.6) is 0 Å². The first-order chi connectivity index (χ1) is 16.0. The van der Waals surface area contributed by atoms with Gasteiger partial charge >= 0.3 is 6.03 Å². The molecule has 3 aromatic rings. The third-order valence-electron chi connectivity index (χ3n) is 6.06. The monoisotopic (exact) mass is 442 g/mol. The zero-order valence-corrected chi connectivity index (χ0v) is 18.5. The first-order valence-electron chi connectivity index (χ1n) is 11.0. The van der Waals surface area contributed by atoms with E-state index in [0.29, 0.717) is 42.4 Å². The van der Waals surface area contributed by atoms with Gasteiger partial charge in [0.2, 0.25) is 0 Å². The van der Waals surface area contributed by atoms with Gasteiger partial charge in [-0.05, 0) is 67.1 Å². The van der Waals surface area contributed by atoms with Crippen LogP contribution in [0.25, 0.3) is 0 Å². The van der Waals surface area contributed by atoms with Gasteiger partial charge in [0.05, 0.1) is 24.2 Å². The molecular formula is C26H26N4O3. The molecule has 168 valence electrons. The van der Waals surface area contributed by atoms with Crippen molar-refractivity contribution in [3.63, 3.8) is 0 Å². The molecule has 1 aromatic heterocycles. The molecule has 2 N–H and O–H groups in total. The van der Waals surface area contributed by atoms with Crippen LogP contribution in [0.4, 0.5) is 10.5 Å². The number of anilines is 1. The van der Waals surface area contributed by atoms with E-state index in [9.17, 15) is 9.59 Å². The fourth-order valence-corrected chi connectivity index (χ4v) is 4.06. The van der Waals surface area contributed by atoms with Crippen molar-refractivity contribution < 1.29 is 14.0 Å². The van der Waals surface area contributed by atoms with Crippen LogP contribution in [0.15, 0.2) is 65.5 Å². The highest BCUT2D eigenvalue weighted by Crippen LogP contribution is 2.29. The number of carbonyl (C=O) groups is 2. The van der Waals surface area contributed by atoms with E-state index in [4.69, 9.17) is 9.68 Å². The van der Waals surface area contributed by atoms with Crippen LogP contribution in [0.3, 0.4) is 0 Å². The lowest BCUT2D eigenvalue weighted by atomic mass is 9.89. The molecule has 1 fully saturated rings. The number of carbonyl (C=O) groups excluding carboxylic acids is 2. The number of benzene rings is 2. The molecule has 0 bridgehead atoms. The molecule has 0 atom stereocenters. The summed E-state index contributed by atoms with van der Waals surface area (Å²) in [7, 11) is 0. The highest BCUT2D eigenvalue weighted by Gasteiger charge is 2.25. The molecule has 2 aromatic carbocycles. The van der Waals surface area contributed by atoms with Crippen molar-refractivity contribution in [2.75, 3.05) is 18.4 Å². The van der Waals surface area contributed by atoms with Crippen molar-refractivity contribution in [3.8, 4) is 6.07 Å². The molecule has 0 spiro atoms. The third kappa shape index (κ3) is 5.42. The summed E-state index contributed by atoms with van der Waals surface area (Å²) < 4.78 is 5.00. The average molecular weight is 443 g/mol. The van der Waals surface area contributed by atoms with Crippen LogP contribution in [-0.4, -0.2) is 29.9 Å². The summed E-state index contributed by atoms with van der Waals surface area (Å²) in [5.41, 5.74) is 4.79. The number of nitrogens with one attached hydrogen (secondary N) is 2. The Morgan fingerprint density at radius 2 is 1.88 bits per heavy atom. The van der Waals surface area contributed by atoms with E-state index in [-0.39, 0.29) is 11.9 Å². The lowest BCUT2D eigenvalue weighted by Gasteiger charge is -2.32. The molecule has 1 aliphatic rings. The van der Waals surface area contributed by atoms with Gasteiger partial charge < -0.3 is 20.0 Å². The number of aryl methyl sites for hydroxylation is 1. The first-order valence-corrected chi connectivity index (χ1v) is 11.0. The van der Waals surface area contributed by atoms with Crippen LogP contribution in [-0.2, 0) is 6.54 Å². The van der Waals surface area contributed by atoms with Crippen LogP contribution >= 0.6 is 0 Å². The summed E-state index contributed by atoms with van der Waals surface area (Å²) >= 11 is 0. The molecule has 0 unspecified atom stereocenters. The van der Waals surface area contributed by atoms with Gasteiger partial charge in [0, 0.05) is 36.4 Å². The molecule has 1 aliphatic heterocycles. The number of amides is 3. The molecule has 0 aliphatic carbocycles. The van der Waals surface area contributed by atoms with Crippen molar-refractivity contribution in [1.29, 1.82) is 5.26 Å². The smallest absolute Gasteiger partial charge is 0.319 e. The van der Waals surface area contributed by atoms with Gasteiger partial charge in [0.1, 0.15) is 0 Å². The van der Waals surface area contributed by atoms with Crippen LogP contribution in [0.2, 0.25) is 0 Å². The van der Waals surface area contributed by atoms with Gasteiger partial charge in [-0.2, -0.15) is 5.26 Å². The highest BCUT2D eigenvalue weighted by molar-refractivity contribution is 5.97. The fourth-order valence-electron chi connectivity index (χ4n) is 4.06. The molecule has 3 amide bonds. The third-order valence-corrected chi connectivity index (χ3v) is 6.06. The number of likely N-dealkylation sites (tertiary alicyclic amines) is 1. The minimum absolute atomic E-state index is 0.0323. The first kappa shape index (κ1) is 22.2. The minimum atomic E-state index is -0.341. The van der Waals surface area contributed by atoms with Crippen molar-refractivity contribution in [2.45, 2.75) is 32.2 Å². The van der Waals surface area contributed by atoms with Crippen LogP contribution in [0.1, 0.15) is 51.4 Å². The van der Waals surface area contributed by atoms with Crippen molar-refractivity contribution in [2.24, 2.45) is 0 Å². The molecule has 1 saturated heterocycles. The van der Waals surface area contributed by atoms with E-state index in [0.717, 1.165) is 24.0 Å². The maximum absolute atomic E-state index is 13.1. The summed E-state index contributed by atoms with van der Waals surface area (Å²) in [5, 5.41) is 14.6. The quantitative estimate of drug-likeness (QED) is 0.593. The van der Waals surface area contributed by atoms with Crippen molar-refractivity contribution >= 4 is 17.6 Å². The maximum Gasteiger partial charge on any atom is 0.319 e. The van der Waals surface area contributed by atoms with Crippen LogP contribution < -0.4 is 10.6 Å². The lowest BCUT2D eigenvalue weighted by molar-refractivity contribution is 0.0713. The topological polar surface area (TPSA) is 98.4 Å². The molecule has 0 radical (unpaired) electrons. The van der Waals surface area contributed by atoms with E-state index in [2.05, 4.69) is 16.7 Å². The van der Waals surface area contributed by atoms with E-state index in [1.807, 2.05) is 42.2 Å². The number of piperidine rings is 1. The van der Waals surface area contributed by atoms with E-state index in [1.165, 1.54) is 5.56 Å². The SMILES string of the molecule is Cc1ccc(C(=O)N2CCC(c3ccc(C#N)cc3)CC2)cc1NC(=O)NCc1ccoc1. The summed E-state index contributed by atoms with van der Waals surface area (Å²) in [6.07, 6.45) is 4.90. The number of rotatable bonds is 5. The second kappa shape index (κ2) is 10.0. The van der Waals surface area contributed by atoms with Gasteiger partial charge in [-0.15, -0.1) is 0 Å². The standard InChI is InChI=1S/C26H26N4O3/c1-18-2-5-23(14-24(18)29-26(32)28-16-20-10-13-33-17-20)25(31)30-11-8-22(9-12-30)21-6-3-19(15-27)4-7-21/h2-7,10,13-14,17,22H,8-9,11-12,16H2,1H3,(H2,28,29,32). The van der Waals surface area contributed by atoms with Gasteiger partial charge in [0.25, 0.3) is 5.91 Å². The Bertz CT molecular complexity index is 1160. The minimum Gasteiger partial charge on any atom is -0.472 e. The van der Waals surface area contributed by atoms with Gasteiger partial charge in [-0.1, -0.05) is 18.2 Å². The Labute approximate surface area is 193 Å². The second-order valence-corrected chi connectivity index (χ2v) is 8.27. The van der Waals surface area contributed by atoms with Crippen molar-refractivity contribution in [3.05, 3.63) is 88.9 Å². The normalized spacial score (nSPS) is 13.9. The van der Waals surface area contributed by atoms with Gasteiger partial charge in [-0.25, -0.2) is 4.79 Å². The van der Waals surface area contributed by atoms with Gasteiger partial charge in [0.15, 0.2) is 0 Å². The number of hydrogen-bond donors (Lipinski definition) is 2. The molecule has 7 nitrogen and oxygen atoms in total. The van der Waals surface area contributed by atoms with E-state index >= 15 is 0 Å². The molecule has 4 rings (SSSR count). The predicted octanol–water partition coefficient (Wildman–Crippen LogP) is 4.80.